The lowest BCUT2D eigenvalue weighted by molar-refractivity contribution is 0.307. The number of fused-ring (bicyclic) bond motifs is 1. The van der Waals surface area contributed by atoms with E-state index in [4.69, 9.17) is 16.3 Å². The molecule has 0 fully saturated rings. The van der Waals surface area contributed by atoms with Crippen LogP contribution in [0.1, 0.15) is 5.56 Å². The molecule has 1 N–H and O–H groups in total. The van der Waals surface area contributed by atoms with Crippen molar-refractivity contribution in [1.82, 2.24) is 0 Å². The molecule has 2 aromatic rings. The second kappa shape index (κ2) is 5.02. The first-order valence-corrected chi connectivity index (χ1v) is 6.56. The first-order valence-electron chi connectivity index (χ1n) is 6.18. The highest BCUT2D eigenvalue weighted by Crippen LogP contribution is 2.32. The van der Waals surface area contributed by atoms with Gasteiger partial charge in [0.1, 0.15) is 18.1 Å². The average molecular weight is 276 g/mol. The topological polar surface area (TPSA) is 32.7 Å². The molecule has 0 amide bonds. The average Bonchev–Trinajstić information content (AvgIpc) is 2.43. The van der Waals surface area contributed by atoms with Gasteiger partial charge < -0.3 is 14.7 Å². The molecule has 0 radical (unpaired) electrons. The third-order valence-corrected chi connectivity index (χ3v) is 3.53. The number of anilines is 1. The number of hydrogen-bond donors (Lipinski definition) is 1. The summed E-state index contributed by atoms with van der Waals surface area (Å²) in [6.45, 7) is 2.24. The molecule has 0 bridgehead atoms. The smallest absolute Gasteiger partial charge is 0.142 e. The molecule has 3 nitrogen and oxygen atoms in total. The van der Waals surface area contributed by atoms with Crippen molar-refractivity contribution in [2.75, 3.05) is 18.1 Å². The van der Waals surface area contributed by atoms with Crippen molar-refractivity contribution in [1.29, 1.82) is 0 Å². The van der Waals surface area contributed by atoms with E-state index < -0.39 is 0 Å². The Hall–Kier alpha value is -1.87. The zero-order valence-electron chi connectivity index (χ0n) is 10.3. The van der Waals surface area contributed by atoms with Crippen LogP contribution in [0.2, 0.25) is 5.02 Å². The fourth-order valence-corrected chi connectivity index (χ4v) is 2.39. The summed E-state index contributed by atoms with van der Waals surface area (Å²) in [5, 5.41) is 10.0. The minimum absolute atomic E-state index is 0.126. The first-order chi connectivity index (χ1) is 9.24. The number of halogens is 1. The number of ether oxygens (including phenoxy) is 1. The van der Waals surface area contributed by atoms with Gasteiger partial charge in [-0.05, 0) is 29.8 Å². The molecular formula is C15H14ClNO2. The largest absolute Gasteiger partial charge is 0.506 e. The summed E-state index contributed by atoms with van der Waals surface area (Å²) in [6, 6.07) is 13.3. The molecule has 4 heteroatoms. The van der Waals surface area contributed by atoms with E-state index in [1.165, 1.54) is 0 Å². The van der Waals surface area contributed by atoms with Crippen LogP contribution in [0.15, 0.2) is 42.5 Å². The molecule has 0 unspecified atom stereocenters. The van der Waals surface area contributed by atoms with Crippen LogP contribution in [-0.4, -0.2) is 18.3 Å². The van der Waals surface area contributed by atoms with E-state index in [9.17, 15) is 5.11 Å². The fraction of sp³-hybridized carbons (Fsp3) is 0.200. The van der Waals surface area contributed by atoms with Crippen LogP contribution < -0.4 is 9.64 Å². The third kappa shape index (κ3) is 2.47. The molecule has 1 aliphatic heterocycles. The number of phenolic OH excluding ortho intramolecular Hbond substituents is 1. The minimum Gasteiger partial charge on any atom is -0.506 e. The predicted molar refractivity (Wildman–Crippen MR) is 76.1 cm³/mol. The second-order valence-corrected chi connectivity index (χ2v) is 4.93. The number of rotatable bonds is 2. The lowest BCUT2D eigenvalue weighted by atomic mass is 10.1. The Kier molecular flexibility index (Phi) is 3.22. The Labute approximate surface area is 117 Å². The number of benzene rings is 2. The molecule has 1 aliphatic rings. The maximum atomic E-state index is 9.65. The third-order valence-electron chi connectivity index (χ3n) is 3.21. The van der Waals surface area contributed by atoms with E-state index in [1.807, 2.05) is 30.3 Å². The van der Waals surface area contributed by atoms with Gasteiger partial charge in [-0.2, -0.15) is 0 Å². The van der Waals surface area contributed by atoms with Gasteiger partial charge in [0.2, 0.25) is 0 Å². The lowest BCUT2D eigenvalue weighted by Crippen LogP contribution is -2.32. The van der Waals surface area contributed by atoms with Crippen molar-refractivity contribution in [3.63, 3.8) is 0 Å². The zero-order chi connectivity index (χ0) is 13.2. The van der Waals surface area contributed by atoms with Crippen LogP contribution in [0.25, 0.3) is 0 Å². The van der Waals surface area contributed by atoms with Gasteiger partial charge in [0, 0.05) is 6.54 Å². The summed E-state index contributed by atoms with van der Waals surface area (Å²) < 4.78 is 5.62. The molecule has 0 saturated heterocycles. The lowest BCUT2D eigenvalue weighted by Gasteiger charge is -2.31. The van der Waals surface area contributed by atoms with E-state index in [0.717, 1.165) is 30.1 Å². The number of aromatic hydroxyl groups is 1. The van der Waals surface area contributed by atoms with Crippen LogP contribution in [0.5, 0.6) is 11.5 Å². The Balaban J connectivity index is 1.86. The summed E-state index contributed by atoms with van der Waals surface area (Å²) >= 11 is 5.82. The molecule has 19 heavy (non-hydrogen) atoms. The van der Waals surface area contributed by atoms with Crippen molar-refractivity contribution >= 4 is 17.3 Å². The highest BCUT2D eigenvalue weighted by atomic mass is 35.5. The minimum atomic E-state index is 0.126. The van der Waals surface area contributed by atoms with Crippen LogP contribution in [0, 0.1) is 0 Å². The highest BCUT2D eigenvalue weighted by Gasteiger charge is 2.17. The number of nitrogens with zero attached hydrogens (tertiary/aromatic N) is 1. The van der Waals surface area contributed by atoms with Crippen LogP contribution in [0.3, 0.4) is 0 Å². The summed E-state index contributed by atoms with van der Waals surface area (Å²) in [6.07, 6.45) is 0. The molecule has 3 rings (SSSR count). The Bertz CT molecular complexity index is 600. The van der Waals surface area contributed by atoms with E-state index >= 15 is 0 Å². The Morgan fingerprint density at radius 1 is 1.21 bits per heavy atom. The van der Waals surface area contributed by atoms with Crippen molar-refractivity contribution < 1.29 is 9.84 Å². The van der Waals surface area contributed by atoms with Gasteiger partial charge in [0.25, 0.3) is 0 Å². The molecule has 0 saturated carbocycles. The van der Waals surface area contributed by atoms with Crippen molar-refractivity contribution in [2.24, 2.45) is 0 Å². The molecular weight excluding hydrogens is 262 g/mol. The molecule has 98 valence electrons. The van der Waals surface area contributed by atoms with Crippen molar-refractivity contribution in [2.45, 2.75) is 6.54 Å². The van der Waals surface area contributed by atoms with Crippen LogP contribution >= 0.6 is 11.6 Å². The number of hydrogen-bond acceptors (Lipinski definition) is 3. The Morgan fingerprint density at radius 2 is 2.05 bits per heavy atom. The SMILES string of the molecule is Oc1cc(CN2CCOc3ccccc32)ccc1Cl. The molecule has 0 atom stereocenters. The Morgan fingerprint density at radius 3 is 2.89 bits per heavy atom. The van der Waals surface area contributed by atoms with Gasteiger partial charge >= 0.3 is 0 Å². The maximum absolute atomic E-state index is 9.65. The van der Waals surface area contributed by atoms with E-state index in [0.29, 0.717) is 11.6 Å². The number of para-hydroxylation sites is 2. The summed E-state index contributed by atoms with van der Waals surface area (Å²) in [4.78, 5) is 2.24. The highest BCUT2D eigenvalue weighted by molar-refractivity contribution is 6.32. The molecule has 1 heterocycles. The first kappa shape index (κ1) is 12.2. The van der Waals surface area contributed by atoms with Crippen LogP contribution in [0.4, 0.5) is 5.69 Å². The number of phenols is 1. The molecule has 2 aromatic carbocycles. The second-order valence-electron chi connectivity index (χ2n) is 4.52. The van der Waals surface area contributed by atoms with Crippen molar-refractivity contribution in [3.8, 4) is 11.5 Å². The fourth-order valence-electron chi connectivity index (χ4n) is 2.27. The van der Waals surface area contributed by atoms with Crippen molar-refractivity contribution in [3.05, 3.63) is 53.1 Å². The van der Waals surface area contributed by atoms with E-state index in [1.54, 1.807) is 12.1 Å². The van der Waals surface area contributed by atoms with E-state index in [2.05, 4.69) is 4.90 Å². The van der Waals surface area contributed by atoms with Gasteiger partial charge in [-0.25, -0.2) is 0 Å². The summed E-state index contributed by atoms with van der Waals surface area (Å²) in [5.74, 6) is 1.03. The monoisotopic (exact) mass is 275 g/mol. The van der Waals surface area contributed by atoms with Gasteiger partial charge in [0.15, 0.2) is 0 Å². The predicted octanol–water partition coefficient (Wildman–Crippen LogP) is 3.44. The normalized spacial score (nSPS) is 13.8. The molecule has 0 spiro atoms. The standard InChI is InChI=1S/C15H14ClNO2/c16-12-6-5-11(9-14(12)18)10-17-7-8-19-15-4-2-1-3-13(15)17/h1-6,9,18H,7-8,10H2. The van der Waals surface area contributed by atoms with Gasteiger partial charge in [-0.15, -0.1) is 0 Å². The van der Waals surface area contributed by atoms with Gasteiger partial charge in [-0.1, -0.05) is 29.8 Å². The maximum Gasteiger partial charge on any atom is 0.142 e. The van der Waals surface area contributed by atoms with E-state index in [-0.39, 0.29) is 5.75 Å². The molecule has 0 aromatic heterocycles. The van der Waals surface area contributed by atoms with Crippen LogP contribution in [-0.2, 0) is 6.54 Å². The van der Waals surface area contributed by atoms with Gasteiger partial charge in [0.05, 0.1) is 17.3 Å². The zero-order valence-corrected chi connectivity index (χ0v) is 11.1. The van der Waals surface area contributed by atoms with Gasteiger partial charge in [-0.3, -0.25) is 0 Å². The summed E-state index contributed by atoms with van der Waals surface area (Å²) in [7, 11) is 0. The molecule has 0 aliphatic carbocycles. The summed E-state index contributed by atoms with van der Waals surface area (Å²) in [5.41, 5.74) is 2.11. The quantitative estimate of drug-likeness (QED) is 0.911.